The molecule has 2 rings (SSSR count). The SMILES string of the molecule is CC1OCCC1Nc1nc(N)c(F)cc1F. The van der Waals surface area contributed by atoms with Crippen molar-refractivity contribution in [2.45, 2.75) is 25.5 Å². The molecule has 1 fully saturated rings. The molecule has 2 atom stereocenters. The highest BCUT2D eigenvalue weighted by Crippen LogP contribution is 2.21. The second kappa shape index (κ2) is 4.21. The molecule has 1 saturated heterocycles. The molecule has 0 aromatic carbocycles. The van der Waals surface area contributed by atoms with Gasteiger partial charge in [-0.3, -0.25) is 0 Å². The van der Waals surface area contributed by atoms with E-state index in [1.165, 1.54) is 0 Å². The molecular formula is C10H13F2N3O. The molecule has 3 N–H and O–H groups in total. The summed E-state index contributed by atoms with van der Waals surface area (Å²) in [5.74, 6) is -1.93. The van der Waals surface area contributed by atoms with Gasteiger partial charge in [0.05, 0.1) is 12.1 Å². The van der Waals surface area contributed by atoms with Crippen LogP contribution in [-0.4, -0.2) is 23.7 Å². The molecule has 1 aromatic heterocycles. The number of pyridine rings is 1. The van der Waals surface area contributed by atoms with Gasteiger partial charge in [-0.25, -0.2) is 13.8 Å². The van der Waals surface area contributed by atoms with Gasteiger partial charge in [0.25, 0.3) is 0 Å². The van der Waals surface area contributed by atoms with Crippen LogP contribution in [0, 0.1) is 11.6 Å². The first kappa shape index (κ1) is 11.1. The maximum atomic E-state index is 13.3. The Balaban J connectivity index is 2.18. The smallest absolute Gasteiger partial charge is 0.168 e. The van der Waals surface area contributed by atoms with Crippen molar-refractivity contribution in [3.8, 4) is 0 Å². The van der Waals surface area contributed by atoms with E-state index in [0.29, 0.717) is 6.61 Å². The molecule has 0 amide bonds. The van der Waals surface area contributed by atoms with Crippen molar-refractivity contribution in [3.63, 3.8) is 0 Å². The molecule has 0 radical (unpaired) electrons. The molecular weight excluding hydrogens is 216 g/mol. The van der Waals surface area contributed by atoms with Crippen LogP contribution in [0.15, 0.2) is 6.07 Å². The van der Waals surface area contributed by atoms with Crippen molar-refractivity contribution in [2.24, 2.45) is 0 Å². The number of nitrogen functional groups attached to an aromatic ring is 1. The van der Waals surface area contributed by atoms with Gasteiger partial charge in [0.1, 0.15) is 0 Å². The van der Waals surface area contributed by atoms with Gasteiger partial charge >= 0.3 is 0 Å². The van der Waals surface area contributed by atoms with Gasteiger partial charge < -0.3 is 15.8 Å². The van der Waals surface area contributed by atoms with Gasteiger partial charge in [-0.15, -0.1) is 0 Å². The summed E-state index contributed by atoms with van der Waals surface area (Å²) in [5.41, 5.74) is 5.27. The van der Waals surface area contributed by atoms with Gasteiger partial charge in [-0.1, -0.05) is 0 Å². The van der Waals surface area contributed by atoms with E-state index in [4.69, 9.17) is 10.5 Å². The molecule has 1 aromatic rings. The normalized spacial score (nSPS) is 24.7. The van der Waals surface area contributed by atoms with E-state index in [9.17, 15) is 8.78 Å². The summed E-state index contributed by atoms with van der Waals surface area (Å²) in [7, 11) is 0. The number of hydrogen-bond donors (Lipinski definition) is 2. The Labute approximate surface area is 91.8 Å². The highest BCUT2D eigenvalue weighted by molar-refractivity contribution is 5.45. The lowest BCUT2D eigenvalue weighted by Crippen LogP contribution is -2.27. The van der Waals surface area contributed by atoms with E-state index in [1.54, 1.807) is 0 Å². The number of aromatic nitrogens is 1. The van der Waals surface area contributed by atoms with E-state index < -0.39 is 11.6 Å². The predicted molar refractivity (Wildman–Crippen MR) is 56.0 cm³/mol. The van der Waals surface area contributed by atoms with Crippen molar-refractivity contribution in [3.05, 3.63) is 17.7 Å². The van der Waals surface area contributed by atoms with Crippen LogP contribution in [0.25, 0.3) is 0 Å². The number of nitrogens with two attached hydrogens (primary N) is 1. The average Bonchev–Trinajstić information content (AvgIpc) is 2.61. The largest absolute Gasteiger partial charge is 0.381 e. The minimum absolute atomic E-state index is 0.0209. The molecule has 88 valence electrons. The molecule has 6 heteroatoms. The van der Waals surface area contributed by atoms with Crippen molar-refractivity contribution in [1.29, 1.82) is 0 Å². The van der Waals surface area contributed by atoms with E-state index >= 15 is 0 Å². The predicted octanol–water partition coefficient (Wildman–Crippen LogP) is 1.53. The lowest BCUT2D eigenvalue weighted by molar-refractivity contribution is 0.121. The van der Waals surface area contributed by atoms with Crippen molar-refractivity contribution in [2.75, 3.05) is 17.7 Å². The number of rotatable bonds is 2. The Hall–Kier alpha value is -1.43. The van der Waals surface area contributed by atoms with Crippen LogP contribution in [0.5, 0.6) is 0 Å². The molecule has 0 spiro atoms. The molecule has 0 bridgehead atoms. The lowest BCUT2D eigenvalue weighted by atomic mass is 10.1. The first-order valence-electron chi connectivity index (χ1n) is 5.07. The highest BCUT2D eigenvalue weighted by Gasteiger charge is 2.25. The zero-order chi connectivity index (χ0) is 11.7. The summed E-state index contributed by atoms with van der Waals surface area (Å²) in [4.78, 5) is 3.63. The molecule has 0 saturated carbocycles. The number of halogens is 2. The Morgan fingerprint density at radius 2 is 2.25 bits per heavy atom. The number of hydrogen-bond acceptors (Lipinski definition) is 4. The summed E-state index contributed by atoms with van der Waals surface area (Å²) in [6.07, 6.45) is 0.743. The lowest BCUT2D eigenvalue weighted by Gasteiger charge is -2.17. The summed E-state index contributed by atoms with van der Waals surface area (Å²) in [5, 5.41) is 2.87. The fraction of sp³-hybridized carbons (Fsp3) is 0.500. The third kappa shape index (κ3) is 2.06. The second-order valence-electron chi connectivity index (χ2n) is 3.80. The molecule has 0 aliphatic carbocycles. The number of anilines is 2. The fourth-order valence-corrected chi connectivity index (χ4v) is 1.68. The fourth-order valence-electron chi connectivity index (χ4n) is 1.68. The Kier molecular flexibility index (Phi) is 2.91. The minimum Gasteiger partial charge on any atom is -0.381 e. The van der Waals surface area contributed by atoms with Crippen LogP contribution in [0.1, 0.15) is 13.3 Å². The summed E-state index contributed by atoms with van der Waals surface area (Å²) < 4.78 is 31.5. The van der Waals surface area contributed by atoms with Gasteiger partial charge in [-0.2, -0.15) is 0 Å². The molecule has 2 heterocycles. The van der Waals surface area contributed by atoms with E-state index in [1.807, 2.05) is 6.92 Å². The summed E-state index contributed by atoms with van der Waals surface area (Å²) >= 11 is 0. The molecule has 16 heavy (non-hydrogen) atoms. The van der Waals surface area contributed by atoms with Gasteiger partial charge in [0.2, 0.25) is 0 Å². The third-order valence-electron chi connectivity index (χ3n) is 2.65. The van der Waals surface area contributed by atoms with E-state index in [-0.39, 0.29) is 23.8 Å². The average molecular weight is 229 g/mol. The van der Waals surface area contributed by atoms with Crippen LogP contribution in [0.4, 0.5) is 20.4 Å². The summed E-state index contributed by atoms with van der Waals surface area (Å²) in [6, 6.07) is 0.706. The van der Waals surface area contributed by atoms with E-state index in [2.05, 4.69) is 10.3 Å². The third-order valence-corrected chi connectivity index (χ3v) is 2.65. The number of nitrogens with zero attached hydrogens (tertiary/aromatic N) is 1. The molecule has 1 aliphatic rings. The molecule has 2 unspecified atom stereocenters. The zero-order valence-corrected chi connectivity index (χ0v) is 8.84. The van der Waals surface area contributed by atoms with Crippen molar-refractivity contribution in [1.82, 2.24) is 4.98 Å². The number of ether oxygens (including phenoxy) is 1. The van der Waals surface area contributed by atoms with Crippen LogP contribution in [-0.2, 0) is 4.74 Å². The van der Waals surface area contributed by atoms with Gasteiger partial charge in [0.15, 0.2) is 23.3 Å². The van der Waals surface area contributed by atoms with Crippen molar-refractivity contribution >= 4 is 11.6 Å². The molecule has 4 nitrogen and oxygen atoms in total. The first-order chi connectivity index (χ1) is 7.58. The van der Waals surface area contributed by atoms with Crippen molar-refractivity contribution < 1.29 is 13.5 Å². The number of nitrogens with one attached hydrogen (secondary N) is 1. The van der Waals surface area contributed by atoms with Crippen LogP contribution in [0.2, 0.25) is 0 Å². The first-order valence-corrected chi connectivity index (χ1v) is 5.07. The van der Waals surface area contributed by atoms with Crippen LogP contribution < -0.4 is 11.1 Å². The summed E-state index contributed by atoms with van der Waals surface area (Å²) in [6.45, 7) is 2.51. The van der Waals surface area contributed by atoms with Gasteiger partial charge in [0, 0.05) is 12.7 Å². The zero-order valence-electron chi connectivity index (χ0n) is 8.84. The topological polar surface area (TPSA) is 60.2 Å². The monoisotopic (exact) mass is 229 g/mol. The van der Waals surface area contributed by atoms with Gasteiger partial charge in [-0.05, 0) is 13.3 Å². The minimum atomic E-state index is -0.848. The highest BCUT2D eigenvalue weighted by atomic mass is 19.1. The van der Waals surface area contributed by atoms with Crippen LogP contribution in [0.3, 0.4) is 0 Å². The van der Waals surface area contributed by atoms with E-state index in [0.717, 1.165) is 12.5 Å². The maximum absolute atomic E-state index is 13.3. The van der Waals surface area contributed by atoms with Crippen LogP contribution >= 0.6 is 0 Å². The Bertz CT molecular complexity index is 400. The second-order valence-corrected chi connectivity index (χ2v) is 3.80. The molecule has 1 aliphatic heterocycles. The Morgan fingerprint density at radius 3 is 2.88 bits per heavy atom. The Morgan fingerprint density at radius 1 is 1.50 bits per heavy atom. The standard InChI is InChI=1S/C10H13F2N3O/c1-5-8(2-3-16-5)14-10-7(12)4-6(11)9(13)15-10/h4-5,8H,2-3H2,1H3,(H3,13,14,15). The quantitative estimate of drug-likeness (QED) is 0.807. The maximum Gasteiger partial charge on any atom is 0.168 e.